The molecule has 0 aromatic heterocycles. The summed E-state index contributed by atoms with van der Waals surface area (Å²) in [4.78, 5) is 0. The minimum Gasteiger partial charge on any atom is -0.369 e. The Balaban J connectivity index is 1.86. The number of hydrogen-bond donors (Lipinski definition) is 0. The van der Waals surface area contributed by atoms with Crippen LogP contribution in [0.5, 0.6) is 0 Å². The Labute approximate surface area is 99.3 Å². The van der Waals surface area contributed by atoms with E-state index in [4.69, 9.17) is 4.74 Å². The van der Waals surface area contributed by atoms with Crippen molar-refractivity contribution in [2.75, 3.05) is 0 Å². The van der Waals surface area contributed by atoms with Gasteiger partial charge in [-0.25, -0.2) is 0 Å². The summed E-state index contributed by atoms with van der Waals surface area (Å²) >= 11 is 3.54. The quantitative estimate of drug-likeness (QED) is 0.803. The molecule has 0 bridgehead atoms. The summed E-state index contributed by atoms with van der Waals surface area (Å²) in [6.45, 7) is 0.711. The summed E-state index contributed by atoms with van der Waals surface area (Å²) in [5.41, 5.74) is 1.24. The molecule has 0 heterocycles. The summed E-state index contributed by atoms with van der Waals surface area (Å²) in [5, 5.41) is 0. The van der Waals surface area contributed by atoms with Crippen LogP contribution in [0.2, 0.25) is 0 Å². The van der Waals surface area contributed by atoms with Crippen LogP contribution in [0, 0.1) is 0 Å². The van der Waals surface area contributed by atoms with Gasteiger partial charge in [0.2, 0.25) is 0 Å². The molecule has 1 aromatic rings. The second-order valence-electron chi connectivity index (χ2n) is 3.84. The zero-order valence-electron chi connectivity index (χ0n) is 8.66. The van der Waals surface area contributed by atoms with Crippen molar-refractivity contribution in [2.45, 2.75) is 32.0 Å². The molecule has 2 heteroatoms. The van der Waals surface area contributed by atoms with Crippen molar-refractivity contribution in [3.8, 4) is 0 Å². The lowest BCUT2D eigenvalue weighted by molar-refractivity contribution is 0.0623. The van der Waals surface area contributed by atoms with Gasteiger partial charge >= 0.3 is 0 Å². The van der Waals surface area contributed by atoms with E-state index in [1.54, 1.807) is 0 Å². The molecule has 2 rings (SSSR count). The van der Waals surface area contributed by atoms with Crippen molar-refractivity contribution >= 4 is 15.9 Å². The molecule has 1 aliphatic carbocycles. The van der Waals surface area contributed by atoms with Crippen LogP contribution in [0.1, 0.15) is 24.8 Å². The number of benzene rings is 1. The van der Waals surface area contributed by atoms with E-state index >= 15 is 0 Å². The molecule has 0 saturated carbocycles. The number of halogens is 1. The third-order valence-corrected chi connectivity index (χ3v) is 3.24. The van der Waals surface area contributed by atoms with Crippen molar-refractivity contribution in [1.29, 1.82) is 0 Å². The van der Waals surface area contributed by atoms with E-state index < -0.39 is 0 Å². The maximum absolute atomic E-state index is 5.83. The first kappa shape index (κ1) is 10.9. The van der Waals surface area contributed by atoms with Crippen molar-refractivity contribution in [3.05, 3.63) is 46.5 Å². The van der Waals surface area contributed by atoms with Gasteiger partial charge in [0.25, 0.3) is 0 Å². The van der Waals surface area contributed by atoms with E-state index in [0.29, 0.717) is 6.61 Å². The molecule has 0 fully saturated rings. The molecule has 1 aromatic carbocycles. The van der Waals surface area contributed by atoms with E-state index in [0.717, 1.165) is 12.8 Å². The Kier molecular flexibility index (Phi) is 3.98. The fourth-order valence-corrected chi connectivity index (χ4v) is 2.32. The van der Waals surface area contributed by atoms with Crippen molar-refractivity contribution in [3.63, 3.8) is 0 Å². The predicted molar refractivity (Wildman–Crippen MR) is 65.9 cm³/mol. The summed E-state index contributed by atoms with van der Waals surface area (Å²) in [6.07, 6.45) is 5.99. The van der Waals surface area contributed by atoms with E-state index in [1.807, 2.05) is 18.2 Å². The monoisotopic (exact) mass is 266 g/mol. The first-order chi connectivity index (χ1) is 7.34. The molecule has 0 aliphatic heterocycles. The van der Waals surface area contributed by atoms with Gasteiger partial charge in [0.15, 0.2) is 0 Å². The van der Waals surface area contributed by atoms with E-state index in [1.165, 1.54) is 16.5 Å². The third kappa shape index (κ3) is 3.47. The number of allylic oxidation sites excluding steroid dienone is 1. The smallest absolute Gasteiger partial charge is 0.0771 e. The Morgan fingerprint density at radius 1 is 1.27 bits per heavy atom. The molecule has 0 saturated heterocycles. The SMILES string of the molecule is BrC1=CC(OCc2ccccc2)CCC1. The van der Waals surface area contributed by atoms with Crippen molar-refractivity contribution in [2.24, 2.45) is 0 Å². The lowest BCUT2D eigenvalue weighted by atomic mass is 10.1. The van der Waals surface area contributed by atoms with Crippen LogP contribution in [0.3, 0.4) is 0 Å². The van der Waals surface area contributed by atoms with Crippen molar-refractivity contribution in [1.82, 2.24) is 0 Å². The lowest BCUT2D eigenvalue weighted by Crippen LogP contribution is -2.13. The number of hydrogen-bond acceptors (Lipinski definition) is 1. The topological polar surface area (TPSA) is 9.23 Å². The Hall–Kier alpha value is -0.600. The van der Waals surface area contributed by atoms with E-state index in [-0.39, 0.29) is 6.10 Å². The molecule has 0 radical (unpaired) electrons. The van der Waals surface area contributed by atoms with Gasteiger partial charge in [0.1, 0.15) is 0 Å². The highest BCUT2D eigenvalue weighted by atomic mass is 79.9. The number of rotatable bonds is 3. The van der Waals surface area contributed by atoms with Crippen LogP contribution in [-0.2, 0) is 11.3 Å². The molecule has 0 spiro atoms. The fourth-order valence-electron chi connectivity index (χ4n) is 1.75. The summed E-state index contributed by atoms with van der Waals surface area (Å²) in [6, 6.07) is 10.3. The first-order valence-corrected chi connectivity index (χ1v) is 6.15. The van der Waals surface area contributed by atoms with Gasteiger partial charge in [-0.2, -0.15) is 0 Å². The van der Waals surface area contributed by atoms with Crippen molar-refractivity contribution < 1.29 is 4.74 Å². The Morgan fingerprint density at radius 3 is 2.80 bits per heavy atom. The largest absolute Gasteiger partial charge is 0.369 e. The van der Waals surface area contributed by atoms with Gasteiger partial charge in [0.05, 0.1) is 12.7 Å². The van der Waals surface area contributed by atoms with Crippen LogP contribution in [0.4, 0.5) is 0 Å². The number of ether oxygens (including phenoxy) is 1. The molecular formula is C13H15BrO. The highest BCUT2D eigenvalue weighted by Crippen LogP contribution is 2.24. The Bertz CT molecular complexity index is 332. The average molecular weight is 267 g/mol. The minimum atomic E-state index is 0.285. The molecule has 1 nitrogen and oxygen atoms in total. The first-order valence-electron chi connectivity index (χ1n) is 5.36. The van der Waals surface area contributed by atoms with Gasteiger partial charge in [0, 0.05) is 0 Å². The van der Waals surface area contributed by atoms with Crippen LogP contribution in [0.15, 0.2) is 40.9 Å². The van der Waals surface area contributed by atoms with Gasteiger partial charge in [-0.3, -0.25) is 0 Å². The molecule has 0 amide bonds. The maximum atomic E-state index is 5.83. The summed E-state index contributed by atoms with van der Waals surface area (Å²) < 4.78 is 7.12. The molecular weight excluding hydrogens is 252 g/mol. The average Bonchev–Trinajstić information content (AvgIpc) is 2.28. The van der Waals surface area contributed by atoms with E-state index in [2.05, 4.69) is 34.1 Å². The van der Waals surface area contributed by atoms with Gasteiger partial charge in [-0.15, -0.1) is 0 Å². The molecule has 0 N–H and O–H groups in total. The molecule has 15 heavy (non-hydrogen) atoms. The van der Waals surface area contributed by atoms with Crippen LogP contribution in [0.25, 0.3) is 0 Å². The fraction of sp³-hybridized carbons (Fsp3) is 0.385. The highest BCUT2D eigenvalue weighted by Gasteiger charge is 2.12. The summed E-state index contributed by atoms with van der Waals surface area (Å²) in [7, 11) is 0. The molecule has 1 aliphatic rings. The highest BCUT2D eigenvalue weighted by molar-refractivity contribution is 9.11. The van der Waals surface area contributed by atoms with Gasteiger partial charge < -0.3 is 4.74 Å². The van der Waals surface area contributed by atoms with Crippen LogP contribution < -0.4 is 0 Å². The van der Waals surface area contributed by atoms with Crippen LogP contribution in [-0.4, -0.2) is 6.10 Å². The minimum absolute atomic E-state index is 0.285. The van der Waals surface area contributed by atoms with Crippen LogP contribution >= 0.6 is 15.9 Å². The van der Waals surface area contributed by atoms with Gasteiger partial charge in [-0.1, -0.05) is 46.3 Å². The van der Waals surface area contributed by atoms with Gasteiger partial charge in [-0.05, 0) is 35.4 Å². The predicted octanol–water partition coefficient (Wildman–Crippen LogP) is 4.03. The maximum Gasteiger partial charge on any atom is 0.0771 e. The molecule has 1 unspecified atom stereocenters. The summed E-state index contributed by atoms with van der Waals surface area (Å²) in [5.74, 6) is 0. The Morgan fingerprint density at radius 2 is 2.07 bits per heavy atom. The molecule has 1 atom stereocenters. The second-order valence-corrected chi connectivity index (χ2v) is 4.86. The second kappa shape index (κ2) is 5.47. The van der Waals surface area contributed by atoms with E-state index in [9.17, 15) is 0 Å². The third-order valence-electron chi connectivity index (χ3n) is 2.58. The standard InChI is InChI=1S/C13H15BrO/c14-12-7-4-8-13(9-12)15-10-11-5-2-1-3-6-11/h1-3,5-6,9,13H,4,7-8,10H2. The zero-order chi connectivity index (χ0) is 10.5. The molecule has 80 valence electrons. The zero-order valence-corrected chi connectivity index (χ0v) is 10.2. The normalized spacial score (nSPS) is 21.1. The lowest BCUT2D eigenvalue weighted by Gasteiger charge is -2.19.